The van der Waals surface area contributed by atoms with Crippen LogP contribution >= 0.6 is 35.1 Å². The van der Waals surface area contributed by atoms with Gasteiger partial charge in [0, 0.05) is 85.5 Å². The van der Waals surface area contributed by atoms with Crippen LogP contribution in [0.25, 0.3) is 11.0 Å². The van der Waals surface area contributed by atoms with Crippen LogP contribution in [0.15, 0.2) is 87.4 Å². The van der Waals surface area contributed by atoms with E-state index >= 15 is 0 Å². The van der Waals surface area contributed by atoms with E-state index in [0.29, 0.717) is 23.1 Å². The predicted octanol–water partition coefficient (Wildman–Crippen LogP) is 5.54. The number of amides is 2. The number of fused-ring (bicyclic) bond motifs is 6. The summed E-state index contributed by atoms with van der Waals surface area (Å²) < 4.78 is 43.7. The highest BCUT2D eigenvalue weighted by molar-refractivity contribution is 8.01. The Morgan fingerprint density at radius 1 is 0.901 bits per heavy atom. The number of halogens is 1. The number of β-lactam (4-membered cyclic amide) rings is 1. The van der Waals surface area contributed by atoms with Crippen LogP contribution in [-0.2, 0) is 53.4 Å². The summed E-state index contributed by atoms with van der Waals surface area (Å²) in [6.45, 7) is 8.39. The molecular weight excluding hydrogens is 990 g/mol. The lowest BCUT2D eigenvalue weighted by molar-refractivity contribution is -0.166. The second-order valence-corrected chi connectivity index (χ2v) is 19.0. The average molecular weight is 1030 g/mol. The van der Waals surface area contributed by atoms with Crippen LogP contribution in [0.4, 0.5) is 0 Å². The maximum atomic E-state index is 13.9. The highest BCUT2D eigenvalue weighted by Crippen LogP contribution is 2.57. The Balaban J connectivity index is 0.965. The van der Waals surface area contributed by atoms with Crippen molar-refractivity contribution in [1.29, 1.82) is 0 Å². The molecule has 0 aliphatic carbocycles. The number of rotatable bonds is 16. The van der Waals surface area contributed by atoms with Gasteiger partial charge in [-0.3, -0.25) is 38.5 Å². The summed E-state index contributed by atoms with van der Waals surface area (Å²) in [6.07, 6.45) is 0.773. The molecule has 370 valence electrons. The van der Waals surface area contributed by atoms with Crippen LogP contribution in [0, 0.1) is 0 Å². The number of benzene rings is 3. The van der Waals surface area contributed by atoms with Crippen molar-refractivity contribution in [3.63, 3.8) is 0 Å². The summed E-state index contributed by atoms with van der Waals surface area (Å²) in [5.74, 6) is -4.27. The predicted molar refractivity (Wildman–Crippen MR) is 253 cm³/mol. The molecule has 3 aromatic carbocycles. The van der Waals surface area contributed by atoms with Crippen LogP contribution in [0.3, 0.4) is 0 Å². The van der Waals surface area contributed by atoms with Gasteiger partial charge < -0.3 is 48.2 Å². The third kappa shape index (κ3) is 10.4. The largest absolute Gasteiger partial charge is 0.456 e. The summed E-state index contributed by atoms with van der Waals surface area (Å²) >= 11 is 8.78. The van der Waals surface area contributed by atoms with Gasteiger partial charge in [0.05, 0.1) is 11.6 Å². The van der Waals surface area contributed by atoms with Gasteiger partial charge in [-0.2, -0.15) is 0 Å². The molecule has 2 fully saturated rings. The Morgan fingerprint density at radius 2 is 1.58 bits per heavy atom. The quantitative estimate of drug-likeness (QED) is 0.0459. The number of nitrogens with zero attached hydrogens (tertiary/aromatic N) is 1. The molecule has 0 radical (unpaired) electrons. The zero-order chi connectivity index (χ0) is 50.9. The Kier molecular flexibility index (Phi) is 14.5. The minimum absolute atomic E-state index is 0.00491. The number of ether oxygens (including phenoxy) is 7. The van der Waals surface area contributed by atoms with Crippen molar-refractivity contribution in [3.05, 3.63) is 110 Å². The fourth-order valence-corrected chi connectivity index (χ4v) is 11.0. The number of carbonyl (C=O) groups excluding carboxylic acids is 8. The minimum Gasteiger partial charge on any atom is -0.456 e. The number of hydrogen-bond acceptors (Lipinski definition) is 20. The SMILES string of the molecule is C=C(CNC(=O)c1cc2cc(Cl)c(OC(=O)CCC)cc2oc1=O)NC1C(=O)N2C(C(=O)OCOC(C)=O)=C(CSC3CC4(OC3=O)c3ccc(OC(C)=O)cc3Oc3cc(OC(C)=O)ccc34)CSC12. The molecule has 2 amide bonds. The smallest absolute Gasteiger partial charge is 0.357 e. The second kappa shape index (κ2) is 20.6. The van der Waals surface area contributed by atoms with E-state index in [1.165, 1.54) is 60.8 Å². The Morgan fingerprint density at radius 3 is 2.21 bits per heavy atom. The van der Waals surface area contributed by atoms with Crippen molar-refractivity contribution in [2.75, 3.05) is 24.8 Å². The molecule has 3 unspecified atom stereocenters. The molecule has 71 heavy (non-hydrogen) atoms. The maximum absolute atomic E-state index is 13.9. The fourth-order valence-electron chi connectivity index (χ4n) is 8.15. The first-order valence-electron chi connectivity index (χ1n) is 21.7. The number of esters is 6. The van der Waals surface area contributed by atoms with E-state index in [9.17, 15) is 43.2 Å². The van der Waals surface area contributed by atoms with E-state index in [2.05, 4.69) is 17.2 Å². The topological polar surface area (TPSA) is 259 Å². The van der Waals surface area contributed by atoms with E-state index in [-0.39, 0.29) is 92.6 Å². The lowest BCUT2D eigenvalue weighted by atomic mass is 9.81. The highest BCUT2D eigenvalue weighted by atomic mass is 35.5. The molecule has 0 saturated carbocycles. The molecule has 8 rings (SSSR count). The van der Waals surface area contributed by atoms with Gasteiger partial charge in [0.2, 0.25) is 6.79 Å². The molecule has 23 heteroatoms. The van der Waals surface area contributed by atoms with Crippen LogP contribution < -0.4 is 35.2 Å². The first kappa shape index (κ1) is 50.1. The molecule has 0 bridgehead atoms. The van der Waals surface area contributed by atoms with Crippen molar-refractivity contribution in [2.24, 2.45) is 0 Å². The van der Waals surface area contributed by atoms with Crippen LogP contribution in [0.5, 0.6) is 28.7 Å². The lowest BCUT2D eigenvalue weighted by Gasteiger charge is -2.50. The normalized spacial score (nSPS) is 18.2. The zero-order valence-corrected chi connectivity index (χ0v) is 40.6. The van der Waals surface area contributed by atoms with Crippen LogP contribution in [0.2, 0.25) is 5.02 Å². The molecule has 1 spiro atoms. The molecule has 5 heterocycles. The Hall–Kier alpha value is -7.30. The summed E-state index contributed by atoms with van der Waals surface area (Å²) in [4.78, 5) is 116. The highest BCUT2D eigenvalue weighted by Gasteiger charge is 2.56. The maximum Gasteiger partial charge on any atom is 0.357 e. The monoisotopic (exact) mass is 1030 g/mol. The van der Waals surface area contributed by atoms with Gasteiger partial charge in [-0.25, -0.2) is 9.59 Å². The van der Waals surface area contributed by atoms with Crippen molar-refractivity contribution >= 4 is 93.7 Å². The van der Waals surface area contributed by atoms with Crippen molar-refractivity contribution in [1.82, 2.24) is 15.5 Å². The molecule has 2 saturated heterocycles. The standard InChI is InChI=1S/C48H42ClN3O17S2/c1-6-7-39(56)67-37-16-34-26(13-33(37)49)12-30(45(59)68-34)42(57)50-18-22(2)51-40-43(58)52-41(47(61)63-21-62-23(3)53)27(20-71-44(40)52)19-70-38-17-48(69-46(38)60)31-10-8-28(64-24(4)54)14-35(31)66-36-15-29(65-25(5)55)9-11-32(36)48/h8-16,38,40,44,51H,2,6-7,17-21H2,1,3-5H3,(H,50,57). The van der Waals surface area contributed by atoms with E-state index in [4.69, 9.17) is 49.2 Å². The third-order valence-electron chi connectivity index (χ3n) is 11.2. The van der Waals surface area contributed by atoms with Crippen molar-refractivity contribution in [3.8, 4) is 28.7 Å². The lowest BCUT2D eigenvalue weighted by Crippen LogP contribution is -2.70. The molecular formula is C48H42ClN3O17S2. The molecule has 4 aromatic rings. The summed E-state index contributed by atoms with van der Waals surface area (Å²) in [5.41, 5.74) is -1.28. The van der Waals surface area contributed by atoms with Crippen LogP contribution in [-0.4, -0.2) is 94.0 Å². The number of carbonyl (C=O) groups is 8. The van der Waals surface area contributed by atoms with Gasteiger partial charge >= 0.3 is 41.4 Å². The minimum atomic E-state index is -1.41. The first-order valence-corrected chi connectivity index (χ1v) is 24.2. The van der Waals surface area contributed by atoms with Gasteiger partial charge in [0.25, 0.3) is 11.8 Å². The molecule has 2 N–H and O–H groups in total. The van der Waals surface area contributed by atoms with Crippen molar-refractivity contribution < 1.29 is 75.9 Å². The number of hydrogen-bond donors (Lipinski definition) is 2. The van der Waals surface area contributed by atoms with E-state index in [0.717, 1.165) is 18.7 Å². The Bertz CT molecular complexity index is 3000. The van der Waals surface area contributed by atoms with E-state index < -0.39 is 82.3 Å². The van der Waals surface area contributed by atoms with Gasteiger partial charge in [0.1, 0.15) is 56.5 Å². The molecule has 4 aliphatic rings. The summed E-state index contributed by atoms with van der Waals surface area (Å²) in [6, 6.07) is 12.3. The molecule has 1 aromatic heterocycles. The van der Waals surface area contributed by atoms with Gasteiger partial charge in [-0.1, -0.05) is 25.1 Å². The molecule has 3 atom stereocenters. The van der Waals surface area contributed by atoms with Crippen molar-refractivity contribution in [2.45, 2.75) is 69.2 Å². The van der Waals surface area contributed by atoms with Gasteiger partial charge in [-0.05, 0) is 48.4 Å². The van der Waals surface area contributed by atoms with Gasteiger partial charge in [-0.15, -0.1) is 23.5 Å². The van der Waals surface area contributed by atoms with E-state index in [1.54, 1.807) is 31.2 Å². The number of nitrogens with one attached hydrogen (secondary N) is 2. The van der Waals surface area contributed by atoms with Crippen LogP contribution in [0.1, 0.15) is 68.4 Å². The Labute approximate surface area is 416 Å². The molecule has 20 nitrogen and oxygen atoms in total. The third-order valence-corrected chi connectivity index (χ3v) is 14.1. The average Bonchev–Trinajstić information content (AvgIpc) is 3.63. The summed E-state index contributed by atoms with van der Waals surface area (Å²) in [7, 11) is 0. The molecule has 4 aliphatic heterocycles. The second-order valence-electron chi connectivity index (χ2n) is 16.3. The summed E-state index contributed by atoms with van der Waals surface area (Å²) in [5, 5.41) is 4.39. The fraction of sp³-hybridized carbons (Fsp3) is 0.312. The number of thioether (sulfide) groups is 2. The van der Waals surface area contributed by atoms with Gasteiger partial charge in [0.15, 0.2) is 11.4 Å². The van der Waals surface area contributed by atoms with E-state index in [1.807, 2.05) is 0 Å². The first-order chi connectivity index (χ1) is 33.8. The zero-order valence-electron chi connectivity index (χ0n) is 38.2.